The number of carbonyl (C=O) groups is 1. The van der Waals surface area contributed by atoms with Crippen molar-refractivity contribution in [2.45, 2.75) is 18.0 Å². The van der Waals surface area contributed by atoms with Crippen LogP contribution in [0.4, 0.5) is 4.79 Å². The lowest BCUT2D eigenvalue weighted by molar-refractivity contribution is 0.201. The molecule has 2 aliphatic rings. The summed E-state index contributed by atoms with van der Waals surface area (Å²) in [6, 6.07) is 20.9. The average molecular weight is 307 g/mol. The van der Waals surface area contributed by atoms with E-state index in [9.17, 15) is 4.79 Å². The molecule has 4 rings (SSSR count). The molecule has 1 unspecified atom stereocenters. The maximum Gasteiger partial charge on any atom is 0.318 e. The van der Waals surface area contributed by atoms with E-state index >= 15 is 0 Å². The van der Waals surface area contributed by atoms with Gasteiger partial charge >= 0.3 is 6.03 Å². The Bertz CT molecular complexity index is 641. The second-order valence-electron chi connectivity index (χ2n) is 6.34. The summed E-state index contributed by atoms with van der Waals surface area (Å²) in [5.41, 5.74) is 1.79. The van der Waals surface area contributed by atoms with Crippen molar-refractivity contribution in [1.29, 1.82) is 0 Å². The maximum atomic E-state index is 12.7. The highest BCUT2D eigenvalue weighted by molar-refractivity contribution is 5.80. The summed E-state index contributed by atoms with van der Waals surface area (Å²) in [6.07, 6.45) is 1.02. The van der Waals surface area contributed by atoms with Crippen LogP contribution in [0.5, 0.6) is 0 Å². The van der Waals surface area contributed by atoms with Gasteiger partial charge in [-0.25, -0.2) is 4.79 Å². The Labute approximate surface area is 136 Å². The Kier molecular flexibility index (Phi) is 3.54. The third kappa shape index (κ3) is 2.39. The lowest BCUT2D eigenvalue weighted by Gasteiger charge is -2.31. The van der Waals surface area contributed by atoms with Gasteiger partial charge in [-0.2, -0.15) is 0 Å². The van der Waals surface area contributed by atoms with Gasteiger partial charge in [-0.1, -0.05) is 60.7 Å². The number of nitrogens with zero attached hydrogens (tertiary/aromatic N) is 1. The van der Waals surface area contributed by atoms with Crippen molar-refractivity contribution in [3.05, 3.63) is 71.8 Å². The van der Waals surface area contributed by atoms with Gasteiger partial charge in [-0.15, -0.1) is 0 Å². The van der Waals surface area contributed by atoms with E-state index in [2.05, 4.69) is 34.9 Å². The summed E-state index contributed by atoms with van der Waals surface area (Å²) in [7, 11) is 0. The smallest absolute Gasteiger partial charge is 0.318 e. The standard InChI is InChI=1S/C19H21N3O/c23-18-21-19(15-7-3-1-4-8-15,16-9-5-2-6-10-16)14-22(18)17-11-12-20-13-17/h1-10,17,20H,11-14H2,(H,21,23). The number of rotatable bonds is 3. The third-order valence-corrected chi connectivity index (χ3v) is 5.00. The zero-order valence-corrected chi connectivity index (χ0v) is 13.0. The summed E-state index contributed by atoms with van der Waals surface area (Å²) in [4.78, 5) is 14.7. The van der Waals surface area contributed by atoms with Crippen LogP contribution in [0.25, 0.3) is 0 Å². The molecule has 2 amide bonds. The first-order chi connectivity index (χ1) is 11.3. The van der Waals surface area contributed by atoms with E-state index in [4.69, 9.17) is 0 Å². The number of benzene rings is 2. The number of nitrogens with one attached hydrogen (secondary N) is 2. The van der Waals surface area contributed by atoms with Gasteiger partial charge < -0.3 is 15.5 Å². The molecule has 0 bridgehead atoms. The Morgan fingerprint density at radius 2 is 1.57 bits per heavy atom. The van der Waals surface area contributed by atoms with Crippen molar-refractivity contribution in [2.75, 3.05) is 19.6 Å². The molecule has 0 radical (unpaired) electrons. The Balaban J connectivity index is 1.77. The maximum absolute atomic E-state index is 12.7. The summed E-state index contributed by atoms with van der Waals surface area (Å²) in [5.74, 6) is 0. The van der Waals surface area contributed by atoms with Crippen LogP contribution < -0.4 is 10.6 Å². The zero-order chi connectivity index (χ0) is 15.7. The molecule has 1 atom stereocenters. The van der Waals surface area contributed by atoms with E-state index < -0.39 is 5.54 Å². The quantitative estimate of drug-likeness (QED) is 0.914. The normalized spacial score (nSPS) is 23.0. The minimum absolute atomic E-state index is 0.0337. The van der Waals surface area contributed by atoms with Crippen LogP contribution in [0.3, 0.4) is 0 Å². The van der Waals surface area contributed by atoms with Crippen LogP contribution in [-0.2, 0) is 5.54 Å². The summed E-state index contributed by atoms with van der Waals surface area (Å²) in [5, 5.41) is 6.64. The second kappa shape index (κ2) is 5.70. The van der Waals surface area contributed by atoms with Gasteiger partial charge in [-0.05, 0) is 24.1 Å². The Morgan fingerprint density at radius 3 is 2.09 bits per heavy atom. The van der Waals surface area contributed by atoms with Gasteiger partial charge in [0.15, 0.2) is 0 Å². The summed E-state index contributed by atoms with van der Waals surface area (Å²) < 4.78 is 0. The number of carbonyl (C=O) groups excluding carboxylic acids is 1. The molecule has 2 fully saturated rings. The predicted molar refractivity (Wildman–Crippen MR) is 90.2 cm³/mol. The molecule has 2 aromatic carbocycles. The molecule has 0 saturated carbocycles. The number of hydrogen-bond acceptors (Lipinski definition) is 2. The fraction of sp³-hybridized carbons (Fsp3) is 0.316. The fourth-order valence-corrected chi connectivity index (χ4v) is 3.76. The van der Waals surface area contributed by atoms with Gasteiger partial charge in [0.2, 0.25) is 0 Å². The van der Waals surface area contributed by atoms with E-state index in [0.717, 1.165) is 30.6 Å². The SMILES string of the molecule is O=C1NC(c2ccccc2)(c2ccccc2)CN1C1CCNC1. The Hall–Kier alpha value is -2.33. The first-order valence-corrected chi connectivity index (χ1v) is 8.20. The molecule has 4 heteroatoms. The van der Waals surface area contributed by atoms with Crippen molar-refractivity contribution in [1.82, 2.24) is 15.5 Å². The minimum atomic E-state index is -0.470. The van der Waals surface area contributed by atoms with E-state index in [1.807, 2.05) is 41.3 Å². The fourth-order valence-electron chi connectivity index (χ4n) is 3.76. The van der Waals surface area contributed by atoms with Crippen LogP contribution in [0.2, 0.25) is 0 Å². The van der Waals surface area contributed by atoms with Crippen molar-refractivity contribution >= 4 is 6.03 Å². The molecule has 4 nitrogen and oxygen atoms in total. The molecule has 118 valence electrons. The van der Waals surface area contributed by atoms with E-state index in [1.54, 1.807) is 0 Å². The van der Waals surface area contributed by atoms with Gasteiger partial charge in [0.25, 0.3) is 0 Å². The first-order valence-electron chi connectivity index (χ1n) is 8.20. The van der Waals surface area contributed by atoms with Gasteiger partial charge in [-0.3, -0.25) is 0 Å². The number of hydrogen-bond donors (Lipinski definition) is 2. The Morgan fingerprint density at radius 1 is 0.957 bits per heavy atom. The van der Waals surface area contributed by atoms with Gasteiger partial charge in [0, 0.05) is 12.6 Å². The summed E-state index contributed by atoms with van der Waals surface area (Å²) >= 11 is 0. The second-order valence-corrected chi connectivity index (χ2v) is 6.34. The van der Waals surface area contributed by atoms with Crippen molar-refractivity contribution in [3.8, 4) is 0 Å². The van der Waals surface area contributed by atoms with Crippen LogP contribution in [0.1, 0.15) is 17.5 Å². The highest BCUT2D eigenvalue weighted by Crippen LogP contribution is 2.35. The van der Waals surface area contributed by atoms with Crippen LogP contribution in [-0.4, -0.2) is 36.6 Å². The number of amides is 2. The molecule has 2 heterocycles. The van der Waals surface area contributed by atoms with Crippen molar-refractivity contribution in [2.24, 2.45) is 0 Å². The predicted octanol–water partition coefficient (Wildman–Crippen LogP) is 2.32. The highest BCUT2D eigenvalue weighted by atomic mass is 16.2. The molecule has 23 heavy (non-hydrogen) atoms. The van der Waals surface area contributed by atoms with E-state index in [1.165, 1.54) is 0 Å². The molecular formula is C19H21N3O. The first kappa shape index (κ1) is 14.3. The highest BCUT2D eigenvalue weighted by Gasteiger charge is 2.47. The van der Waals surface area contributed by atoms with Crippen LogP contribution in [0, 0.1) is 0 Å². The lowest BCUT2D eigenvalue weighted by Crippen LogP contribution is -2.41. The third-order valence-electron chi connectivity index (χ3n) is 5.00. The molecule has 2 aromatic rings. The molecule has 2 N–H and O–H groups in total. The van der Waals surface area contributed by atoms with E-state index in [0.29, 0.717) is 6.54 Å². The van der Waals surface area contributed by atoms with E-state index in [-0.39, 0.29) is 12.1 Å². The average Bonchev–Trinajstić information content (AvgIpc) is 3.25. The molecule has 2 aliphatic heterocycles. The van der Waals surface area contributed by atoms with Crippen molar-refractivity contribution in [3.63, 3.8) is 0 Å². The molecule has 0 aliphatic carbocycles. The molecular weight excluding hydrogens is 286 g/mol. The van der Waals surface area contributed by atoms with Crippen LogP contribution >= 0.6 is 0 Å². The minimum Gasteiger partial charge on any atom is -0.323 e. The lowest BCUT2D eigenvalue weighted by atomic mass is 9.83. The van der Waals surface area contributed by atoms with Gasteiger partial charge in [0.05, 0.1) is 6.54 Å². The molecule has 0 aromatic heterocycles. The molecule has 0 spiro atoms. The van der Waals surface area contributed by atoms with Crippen molar-refractivity contribution < 1.29 is 4.79 Å². The molecule has 2 saturated heterocycles. The topological polar surface area (TPSA) is 44.4 Å². The summed E-state index contributed by atoms with van der Waals surface area (Å²) in [6.45, 7) is 2.54. The monoisotopic (exact) mass is 307 g/mol. The zero-order valence-electron chi connectivity index (χ0n) is 13.0. The van der Waals surface area contributed by atoms with Crippen LogP contribution in [0.15, 0.2) is 60.7 Å². The number of urea groups is 1. The largest absolute Gasteiger partial charge is 0.323 e. The van der Waals surface area contributed by atoms with Gasteiger partial charge in [0.1, 0.15) is 5.54 Å².